The number of Topliss-reactive ketones (excluding diaryl/α,β-unsaturated/α-hetero) is 1. The highest BCUT2D eigenvalue weighted by molar-refractivity contribution is 6.04. The van der Waals surface area contributed by atoms with Crippen LogP contribution in [0.2, 0.25) is 0 Å². The van der Waals surface area contributed by atoms with Gasteiger partial charge in [0.2, 0.25) is 0 Å². The predicted molar refractivity (Wildman–Crippen MR) is 78.2 cm³/mol. The first-order valence-electron chi connectivity index (χ1n) is 6.18. The number of aliphatic imine (C=N–C) groups is 1. The first-order valence-corrected chi connectivity index (χ1v) is 6.18. The maximum Gasteiger partial charge on any atom is 0.168 e. The summed E-state index contributed by atoms with van der Waals surface area (Å²) in [5, 5.41) is 9.30. The number of hydrogen-bond acceptors (Lipinski definition) is 4. The third-order valence-corrected chi connectivity index (χ3v) is 2.74. The van der Waals surface area contributed by atoms with E-state index in [1.807, 2.05) is 0 Å². The molecule has 0 radical (unpaired) electrons. The molecule has 0 aliphatic carbocycles. The van der Waals surface area contributed by atoms with Crippen LogP contribution in [0.25, 0.3) is 0 Å². The molecule has 2 aromatic carbocycles. The number of carbonyl (C=O) groups is 1. The number of ether oxygens (including phenoxy) is 1. The van der Waals surface area contributed by atoms with Crippen LogP contribution in [0.5, 0.6) is 11.5 Å². The summed E-state index contributed by atoms with van der Waals surface area (Å²) in [5.74, 6) is 0.771. The SMILES string of the molecule is COc1cccc(C(=O)CC=Nc2cccc(O)c2)c1. The van der Waals surface area contributed by atoms with Crippen LogP contribution in [0.15, 0.2) is 53.5 Å². The highest BCUT2D eigenvalue weighted by Crippen LogP contribution is 2.18. The van der Waals surface area contributed by atoms with Gasteiger partial charge in [-0.25, -0.2) is 0 Å². The summed E-state index contributed by atoms with van der Waals surface area (Å²) < 4.78 is 5.08. The Morgan fingerprint density at radius 1 is 1.25 bits per heavy atom. The van der Waals surface area contributed by atoms with E-state index >= 15 is 0 Å². The summed E-state index contributed by atoms with van der Waals surface area (Å²) >= 11 is 0. The van der Waals surface area contributed by atoms with Gasteiger partial charge < -0.3 is 9.84 Å². The number of nitrogens with zero attached hydrogens (tertiary/aromatic N) is 1. The molecule has 2 rings (SSSR count). The summed E-state index contributed by atoms with van der Waals surface area (Å²) in [6.45, 7) is 0. The lowest BCUT2D eigenvalue weighted by atomic mass is 10.1. The maximum absolute atomic E-state index is 12.0. The molecule has 0 amide bonds. The fraction of sp³-hybridized carbons (Fsp3) is 0.125. The maximum atomic E-state index is 12.0. The molecule has 0 aliphatic rings. The third-order valence-electron chi connectivity index (χ3n) is 2.74. The Morgan fingerprint density at radius 3 is 2.80 bits per heavy atom. The Bertz CT molecular complexity index is 635. The topological polar surface area (TPSA) is 58.9 Å². The lowest BCUT2D eigenvalue weighted by Crippen LogP contribution is -1.99. The van der Waals surface area contributed by atoms with Crippen molar-refractivity contribution in [3.63, 3.8) is 0 Å². The summed E-state index contributed by atoms with van der Waals surface area (Å²) in [6.07, 6.45) is 1.74. The fourth-order valence-corrected chi connectivity index (χ4v) is 1.72. The molecule has 0 bridgehead atoms. The van der Waals surface area contributed by atoms with E-state index < -0.39 is 0 Å². The number of ketones is 1. The van der Waals surface area contributed by atoms with Crippen molar-refractivity contribution in [3.8, 4) is 11.5 Å². The standard InChI is InChI=1S/C16H15NO3/c1-20-15-7-2-4-12(10-15)16(19)8-9-17-13-5-3-6-14(18)11-13/h2-7,9-11,18H,8H2,1H3. The molecule has 0 unspecified atom stereocenters. The number of benzene rings is 2. The van der Waals surface area contributed by atoms with E-state index in [9.17, 15) is 9.90 Å². The van der Waals surface area contributed by atoms with Gasteiger partial charge in [0, 0.05) is 24.3 Å². The van der Waals surface area contributed by atoms with Gasteiger partial charge in [0.1, 0.15) is 11.5 Å². The Balaban J connectivity index is 2.01. The summed E-state index contributed by atoms with van der Waals surface area (Å²) in [4.78, 5) is 16.1. The number of carbonyl (C=O) groups excluding carboxylic acids is 1. The quantitative estimate of drug-likeness (QED) is 0.668. The largest absolute Gasteiger partial charge is 0.508 e. The molecule has 0 heterocycles. The second-order valence-electron chi connectivity index (χ2n) is 4.19. The summed E-state index contributed by atoms with van der Waals surface area (Å²) in [5.41, 5.74) is 1.20. The molecular formula is C16H15NO3. The number of phenolic OH excluding ortho intramolecular Hbond substituents is 1. The van der Waals surface area contributed by atoms with Crippen molar-refractivity contribution in [2.75, 3.05) is 7.11 Å². The molecule has 0 saturated heterocycles. The number of phenols is 1. The van der Waals surface area contributed by atoms with Crippen molar-refractivity contribution in [2.24, 2.45) is 4.99 Å². The first kappa shape index (κ1) is 13.8. The Labute approximate surface area is 117 Å². The molecule has 2 aromatic rings. The van der Waals surface area contributed by atoms with Crippen molar-refractivity contribution in [3.05, 3.63) is 54.1 Å². The smallest absolute Gasteiger partial charge is 0.168 e. The third kappa shape index (κ3) is 3.68. The molecule has 4 nitrogen and oxygen atoms in total. The van der Waals surface area contributed by atoms with Crippen LogP contribution >= 0.6 is 0 Å². The molecule has 0 aromatic heterocycles. The fourth-order valence-electron chi connectivity index (χ4n) is 1.72. The normalized spacial score (nSPS) is 10.7. The Hall–Kier alpha value is -2.62. The van der Waals surface area contributed by atoms with Gasteiger partial charge in [0.15, 0.2) is 5.78 Å². The average molecular weight is 269 g/mol. The van der Waals surface area contributed by atoms with Crippen LogP contribution < -0.4 is 4.74 Å². The Morgan fingerprint density at radius 2 is 2.05 bits per heavy atom. The van der Waals surface area contributed by atoms with Gasteiger partial charge in [0.05, 0.1) is 12.8 Å². The molecular weight excluding hydrogens is 254 g/mol. The molecule has 0 fully saturated rings. The van der Waals surface area contributed by atoms with E-state index in [1.54, 1.807) is 49.6 Å². The van der Waals surface area contributed by atoms with Gasteiger partial charge >= 0.3 is 0 Å². The Kier molecular flexibility index (Phi) is 4.50. The summed E-state index contributed by atoms with van der Waals surface area (Å²) in [7, 11) is 1.56. The van der Waals surface area contributed by atoms with Crippen molar-refractivity contribution in [1.82, 2.24) is 0 Å². The lowest BCUT2D eigenvalue weighted by molar-refractivity contribution is 0.100. The second-order valence-corrected chi connectivity index (χ2v) is 4.19. The summed E-state index contributed by atoms with van der Waals surface area (Å²) in [6, 6.07) is 13.6. The first-order chi connectivity index (χ1) is 9.69. The minimum absolute atomic E-state index is 0.0344. The van der Waals surface area contributed by atoms with Crippen molar-refractivity contribution < 1.29 is 14.6 Å². The van der Waals surface area contributed by atoms with Gasteiger partial charge in [-0.1, -0.05) is 18.2 Å². The predicted octanol–water partition coefficient (Wildman–Crippen LogP) is 3.38. The van der Waals surface area contributed by atoms with Gasteiger partial charge in [-0.2, -0.15) is 0 Å². The van der Waals surface area contributed by atoms with E-state index in [2.05, 4.69) is 4.99 Å². The second kappa shape index (κ2) is 6.52. The molecule has 4 heteroatoms. The highest BCUT2D eigenvalue weighted by atomic mass is 16.5. The van der Waals surface area contributed by atoms with Crippen LogP contribution in [0, 0.1) is 0 Å². The van der Waals surface area contributed by atoms with Crippen LogP contribution in [0.3, 0.4) is 0 Å². The van der Waals surface area contributed by atoms with Crippen molar-refractivity contribution >= 4 is 17.7 Å². The zero-order valence-electron chi connectivity index (χ0n) is 11.1. The molecule has 0 aliphatic heterocycles. The zero-order chi connectivity index (χ0) is 14.4. The number of methoxy groups -OCH3 is 1. The van der Waals surface area contributed by atoms with Crippen molar-refractivity contribution in [1.29, 1.82) is 0 Å². The molecule has 0 saturated carbocycles. The number of aromatic hydroxyl groups is 1. The zero-order valence-corrected chi connectivity index (χ0v) is 11.1. The molecule has 102 valence electrons. The van der Waals surface area contributed by atoms with Crippen LogP contribution in [0.1, 0.15) is 16.8 Å². The molecule has 0 atom stereocenters. The minimum Gasteiger partial charge on any atom is -0.508 e. The lowest BCUT2D eigenvalue weighted by Gasteiger charge is -2.02. The van der Waals surface area contributed by atoms with E-state index in [4.69, 9.17) is 4.74 Å². The van der Waals surface area contributed by atoms with Gasteiger partial charge in [0.25, 0.3) is 0 Å². The van der Waals surface area contributed by atoms with E-state index in [0.717, 1.165) is 0 Å². The molecule has 20 heavy (non-hydrogen) atoms. The minimum atomic E-state index is -0.0344. The molecule has 1 N–H and O–H groups in total. The van der Waals surface area contributed by atoms with Crippen molar-refractivity contribution in [2.45, 2.75) is 6.42 Å². The average Bonchev–Trinajstić information content (AvgIpc) is 2.47. The van der Waals surface area contributed by atoms with Gasteiger partial charge in [-0.3, -0.25) is 9.79 Å². The van der Waals surface area contributed by atoms with Gasteiger partial charge in [-0.15, -0.1) is 0 Å². The van der Waals surface area contributed by atoms with E-state index in [0.29, 0.717) is 17.0 Å². The monoisotopic (exact) mass is 269 g/mol. The highest BCUT2D eigenvalue weighted by Gasteiger charge is 2.05. The number of hydrogen-bond donors (Lipinski definition) is 1. The van der Waals surface area contributed by atoms with E-state index in [1.165, 1.54) is 12.3 Å². The number of rotatable bonds is 5. The van der Waals surface area contributed by atoms with Crippen LogP contribution in [0.4, 0.5) is 5.69 Å². The van der Waals surface area contributed by atoms with Crippen LogP contribution in [-0.4, -0.2) is 24.2 Å². The molecule has 0 spiro atoms. The van der Waals surface area contributed by atoms with E-state index in [-0.39, 0.29) is 18.0 Å². The van der Waals surface area contributed by atoms with Crippen LogP contribution in [-0.2, 0) is 0 Å². The van der Waals surface area contributed by atoms with Gasteiger partial charge in [-0.05, 0) is 24.3 Å².